The van der Waals surface area contributed by atoms with Gasteiger partial charge in [-0.1, -0.05) is 12.1 Å². The minimum Gasteiger partial charge on any atom is -0.390 e. The molecule has 4 bridgehead atoms. The fourth-order valence-corrected chi connectivity index (χ4v) is 5.31. The van der Waals surface area contributed by atoms with Gasteiger partial charge in [0.15, 0.2) is 0 Å². The van der Waals surface area contributed by atoms with Crippen LogP contribution >= 0.6 is 0 Å². The third-order valence-electron chi connectivity index (χ3n) is 5.61. The number of aliphatic hydroxyl groups is 1. The lowest BCUT2D eigenvalue weighted by Crippen LogP contribution is -2.64. The van der Waals surface area contributed by atoms with E-state index < -0.39 is 5.60 Å². The Labute approximate surface area is 119 Å². The van der Waals surface area contributed by atoms with Crippen LogP contribution in [0.3, 0.4) is 0 Å². The van der Waals surface area contributed by atoms with Gasteiger partial charge in [-0.15, -0.1) is 0 Å². The lowest BCUT2D eigenvalue weighted by molar-refractivity contribution is -0.142. The molecule has 20 heavy (non-hydrogen) atoms. The molecule has 2 unspecified atom stereocenters. The minimum absolute atomic E-state index is 0.118. The summed E-state index contributed by atoms with van der Waals surface area (Å²) in [5.41, 5.74) is 0.821. The van der Waals surface area contributed by atoms with Crippen molar-refractivity contribution in [3.05, 3.63) is 35.6 Å². The summed E-state index contributed by atoms with van der Waals surface area (Å²) in [7, 11) is 0. The monoisotopic (exact) mass is 275 g/mol. The number of hydrogen-bond acceptors (Lipinski definition) is 2. The summed E-state index contributed by atoms with van der Waals surface area (Å²) in [5.74, 6) is 1.21. The average molecular weight is 275 g/mol. The summed E-state index contributed by atoms with van der Waals surface area (Å²) in [6.45, 7) is 0.774. The van der Waals surface area contributed by atoms with Crippen LogP contribution in [0.2, 0.25) is 0 Å². The van der Waals surface area contributed by atoms with Crippen molar-refractivity contribution in [3.8, 4) is 0 Å². The maximum absolute atomic E-state index is 12.9. The highest BCUT2D eigenvalue weighted by Gasteiger charge is 2.56. The molecule has 5 rings (SSSR count). The van der Waals surface area contributed by atoms with Crippen LogP contribution in [-0.2, 0) is 6.54 Å². The molecule has 3 heteroatoms. The number of benzene rings is 1. The molecule has 0 heterocycles. The Balaban J connectivity index is 1.49. The molecule has 108 valence electrons. The summed E-state index contributed by atoms with van der Waals surface area (Å²) in [6.07, 6.45) is 6.61. The maximum atomic E-state index is 12.9. The van der Waals surface area contributed by atoms with E-state index in [9.17, 15) is 9.50 Å². The van der Waals surface area contributed by atoms with E-state index in [1.54, 1.807) is 0 Å². The highest BCUT2D eigenvalue weighted by molar-refractivity contribution is 5.18. The predicted octanol–water partition coefficient (Wildman–Crippen LogP) is 3.00. The second-order valence-corrected chi connectivity index (χ2v) is 7.45. The highest BCUT2D eigenvalue weighted by atomic mass is 19.1. The Morgan fingerprint density at radius 1 is 1.10 bits per heavy atom. The predicted molar refractivity (Wildman–Crippen MR) is 75.6 cm³/mol. The third kappa shape index (κ3) is 2.17. The Kier molecular flexibility index (Phi) is 2.74. The molecule has 0 aromatic heterocycles. The van der Waals surface area contributed by atoms with E-state index >= 15 is 0 Å². The summed E-state index contributed by atoms with van der Waals surface area (Å²) in [4.78, 5) is 0. The van der Waals surface area contributed by atoms with Crippen molar-refractivity contribution < 1.29 is 9.50 Å². The number of hydrogen-bond donors (Lipinski definition) is 2. The molecule has 1 aromatic carbocycles. The molecule has 0 radical (unpaired) electrons. The van der Waals surface area contributed by atoms with Gasteiger partial charge < -0.3 is 10.4 Å². The lowest BCUT2D eigenvalue weighted by Gasteiger charge is -2.60. The van der Waals surface area contributed by atoms with Crippen LogP contribution in [0.5, 0.6) is 0 Å². The molecular weight excluding hydrogens is 253 g/mol. The van der Waals surface area contributed by atoms with Gasteiger partial charge in [-0.3, -0.25) is 0 Å². The number of rotatable bonds is 3. The molecule has 4 fully saturated rings. The van der Waals surface area contributed by atoms with E-state index in [1.165, 1.54) is 31.4 Å². The quantitative estimate of drug-likeness (QED) is 0.889. The van der Waals surface area contributed by atoms with Crippen LogP contribution in [-0.4, -0.2) is 16.2 Å². The fraction of sp³-hybridized carbons (Fsp3) is 0.647. The highest BCUT2D eigenvalue weighted by Crippen LogP contribution is 2.57. The van der Waals surface area contributed by atoms with Crippen molar-refractivity contribution in [2.24, 2.45) is 11.8 Å². The van der Waals surface area contributed by atoms with E-state index in [4.69, 9.17) is 0 Å². The molecule has 0 aliphatic heterocycles. The zero-order valence-electron chi connectivity index (χ0n) is 11.7. The van der Waals surface area contributed by atoms with Gasteiger partial charge in [0.1, 0.15) is 5.82 Å². The Bertz CT molecular complexity index is 498. The molecule has 2 atom stereocenters. The Hall–Kier alpha value is -0.930. The van der Waals surface area contributed by atoms with Crippen LogP contribution in [0.25, 0.3) is 0 Å². The summed E-state index contributed by atoms with van der Waals surface area (Å²) < 4.78 is 12.9. The smallest absolute Gasteiger partial charge is 0.123 e. The summed E-state index contributed by atoms with van der Waals surface area (Å²) >= 11 is 0. The van der Waals surface area contributed by atoms with Crippen molar-refractivity contribution in [3.63, 3.8) is 0 Å². The second kappa shape index (κ2) is 4.28. The first kappa shape index (κ1) is 12.8. The molecule has 0 saturated heterocycles. The van der Waals surface area contributed by atoms with Crippen LogP contribution < -0.4 is 5.32 Å². The summed E-state index contributed by atoms with van der Waals surface area (Å²) in [6, 6.07) is 6.73. The Morgan fingerprint density at radius 3 is 2.35 bits per heavy atom. The molecule has 4 saturated carbocycles. The molecule has 0 amide bonds. The van der Waals surface area contributed by atoms with Gasteiger partial charge in [-0.25, -0.2) is 4.39 Å². The average Bonchev–Trinajstić information content (AvgIpc) is 2.35. The van der Waals surface area contributed by atoms with Crippen molar-refractivity contribution in [2.75, 3.05) is 0 Å². The minimum atomic E-state index is -0.417. The third-order valence-corrected chi connectivity index (χ3v) is 5.61. The van der Waals surface area contributed by atoms with Crippen LogP contribution in [0.15, 0.2) is 24.3 Å². The van der Waals surface area contributed by atoms with Gasteiger partial charge in [-0.05, 0) is 68.1 Å². The van der Waals surface area contributed by atoms with E-state index in [2.05, 4.69) is 5.32 Å². The largest absolute Gasteiger partial charge is 0.390 e. The van der Waals surface area contributed by atoms with Crippen molar-refractivity contribution in [1.29, 1.82) is 0 Å². The van der Waals surface area contributed by atoms with Crippen molar-refractivity contribution in [2.45, 2.75) is 56.2 Å². The van der Waals surface area contributed by atoms with Gasteiger partial charge in [0.25, 0.3) is 0 Å². The van der Waals surface area contributed by atoms with Gasteiger partial charge in [0.05, 0.1) is 5.60 Å². The SMILES string of the molecule is OC12CC3CC(C1)CC(NCc1ccc(F)cc1)(C3)C2. The van der Waals surface area contributed by atoms with Crippen LogP contribution in [0.1, 0.15) is 44.1 Å². The van der Waals surface area contributed by atoms with Crippen LogP contribution in [0, 0.1) is 17.7 Å². The molecule has 2 nitrogen and oxygen atoms in total. The fourth-order valence-electron chi connectivity index (χ4n) is 5.31. The van der Waals surface area contributed by atoms with E-state index in [1.807, 2.05) is 12.1 Å². The molecule has 0 spiro atoms. The van der Waals surface area contributed by atoms with Gasteiger partial charge in [0.2, 0.25) is 0 Å². The lowest BCUT2D eigenvalue weighted by atomic mass is 9.51. The first-order valence-electron chi connectivity index (χ1n) is 7.76. The standard InChI is InChI=1S/C17H22FNO/c18-15-3-1-12(2-4-15)10-19-16-6-13-5-14(7-16)9-17(20,8-13)11-16/h1-4,13-14,19-20H,5-11H2. The van der Waals surface area contributed by atoms with E-state index in [0.717, 1.165) is 31.4 Å². The van der Waals surface area contributed by atoms with Gasteiger partial charge in [0, 0.05) is 12.1 Å². The first-order valence-corrected chi connectivity index (χ1v) is 7.76. The molecular formula is C17H22FNO. The summed E-state index contributed by atoms with van der Waals surface area (Å²) in [5, 5.41) is 14.4. The van der Waals surface area contributed by atoms with Gasteiger partial charge >= 0.3 is 0 Å². The maximum Gasteiger partial charge on any atom is 0.123 e. The molecule has 1 aromatic rings. The van der Waals surface area contributed by atoms with Crippen molar-refractivity contribution in [1.82, 2.24) is 5.32 Å². The molecule has 4 aliphatic rings. The first-order chi connectivity index (χ1) is 9.54. The zero-order valence-corrected chi connectivity index (χ0v) is 11.7. The topological polar surface area (TPSA) is 32.3 Å². The molecule has 4 aliphatic carbocycles. The molecule has 2 N–H and O–H groups in total. The normalized spacial score (nSPS) is 42.1. The number of nitrogens with one attached hydrogen (secondary N) is 1. The zero-order chi connectivity index (χ0) is 13.8. The van der Waals surface area contributed by atoms with Gasteiger partial charge in [-0.2, -0.15) is 0 Å². The van der Waals surface area contributed by atoms with Crippen LogP contribution in [0.4, 0.5) is 4.39 Å². The second-order valence-electron chi connectivity index (χ2n) is 7.45. The Morgan fingerprint density at radius 2 is 1.75 bits per heavy atom. The van der Waals surface area contributed by atoms with E-state index in [-0.39, 0.29) is 11.4 Å². The van der Waals surface area contributed by atoms with Crippen molar-refractivity contribution >= 4 is 0 Å². The number of halogens is 1. The van der Waals surface area contributed by atoms with E-state index in [0.29, 0.717) is 11.8 Å².